The monoisotopic (exact) mass is 302 g/mol. The first-order valence-electron chi connectivity index (χ1n) is 6.26. The standard InChI is InChI=1S/C16H12Cl2N2/c1-9-5-3-4-6-11(9)16-19-14-10(2)7-8-12(17)13(14)15(18)20-16/h3-8H,1-2H3. The average molecular weight is 303 g/mol. The van der Waals surface area contributed by atoms with Crippen LogP contribution in [0, 0.1) is 13.8 Å². The summed E-state index contributed by atoms with van der Waals surface area (Å²) in [4.78, 5) is 9.05. The number of hydrogen-bond donors (Lipinski definition) is 0. The molecule has 4 heteroatoms. The summed E-state index contributed by atoms with van der Waals surface area (Å²) in [6.45, 7) is 4.02. The zero-order valence-electron chi connectivity index (χ0n) is 11.1. The van der Waals surface area contributed by atoms with Gasteiger partial charge in [-0.15, -0.1) is 0 Å². The second kappa shape index (κ2) is 5.04. The van der Waals surface area contributed by atoms with E-state index in [1.165, 1.54) is 0 Å². The number of hydrogen-bond acceptors (Lipinski definition) is 2. The molecule has 2 nitrogen and oxygen atoms in total. The highest BCUT2D eigenvalue weighted by Gasteiger charge is 2.13. The van der Waals surface area contributed by atoms with Gasteiger partial charge in [-0.1, -0.05) is 53.5 Å². The largest absolute Gasteiger partial charge is 0.228 e. The van der Waals surface area contributed by atoms with E-state index in [1.807, 2.05) is 50.2 Å². The predicted octanol–water partition coefficient (Wildman–Crippen LogP) is 5.22. The van der Waals surface area contributed by atoms with E-state index in [-0.39, 0.29) is 0 Å². The van der Waals surface area contributed by atoms with E-state index in [1.54, 1.807) is 0 Å². The number of aromatic nitrogens is 2. The fraction of sp³-hybridized carbons (Fsp3) is 0.125. The zero-order valence-corrected chi connectivity index (χ0v) is 12.6. The number of rotatable bonds is 1. The molecule has 1 heterocycles. The van der Waals surface area contributed by atoms with Crippen LogP contribution in [0.4, 0.5) is 0 Å². The minimum absolute atomic E-state index is 0.391. The van der Waals surface area contributed by atoms with Crippen LogP contribution in [0.1, 0.15) is 11.1 Å². The lowest BCUT2D eigenvalue weighted by molar-refractivity contribution is 1.21. The van der Waals surface area contributed by atoms with Crippen molar-refractivity contribution in [1.82, 2.24) is 9.97 Å². The fourth-order valence-electron chi connectivity index (χ4n) is 2.24. The third-order valence-electron chi connectivity index (χ3n) is 3.34. The van der Waals surface area contributed by atoms with Crippen molar-refractivity contribution in [2.24, 2.45) is 0 Å². The van der Waals surface area contributed by atoms with Gasteiger partial charge in [0.15, 0.2) is 5.82 Å². The van der Waals surface area contributed by atoms with Gasteiger partial charge in [0.2, 0.25) is 0 Å². The van der Waals surface area contributed by atoms with E-state index >= 15 is 0 Å². The molecular formula is C16H12Cl2N2. The molecule has 1 aromatic heterocycles. The Morgan fingerprint density at radius 1 is 0.850 bits per heavy atom. The van der Waals surface area contributed by atoms with Gasteiger partial charge in [0.1, 0.15) is 5.15 Å². The van der Waals surface area contributed by atoms with Crippen LogP contribution in [0.3, 0.4) is 0 Å². The highest BCUT2D eigenvalue weighted by molar-refractivity contribution is 6.41. The van der Waals surface area contributed by atoms with Crippen molar-refractivity contribution in [2.75, 3.05) is 0 Å². The average Bonchev–Trinajstić information content (AvgIpc) is 2.43. The molecule has 2 aromatic carbocycles. The fourth-order valence-corrected chi connectivity index (χ4v) is 2.80. The maximum atomic E-state index is 6.31. The summed E-state index contributed by atoms with van der Waals surface area (Å²) in [5, 5.41) is 1.68. The molecule has 0 amide bonds. The van der Waals surface area contributed by atoms with Gasteiger partial charge in [0.25, 0.3) is 0 Å². The summed E-state index contributed by atoms with van der Waals surface area (Å²) in [5.74, 6) is 0.631. The summed E-state index contributed by atoms with van der Waals surface area (Å²) in [7, 11) is 0. The van der Waals surface area contributed by atoms with Gasteiger partial charge < -0.3 is 0 Å². The Labute approximate surface area is 127 Å². The molecule has 0 radical (unpaired) electrons. The molecule has 100 valence electrons. The number of aryl methyl sites for hydroxylation is 2. The topological polar surface area (TPSA) is 25.8 Å². The van der Waals surface area contributed by atoms with Crippen molar-refractivity contribution in [3.63, 3.8) is 0 Å². The molecule has 20 heavy (non-hydrogen) atoms. The number of benzene rings is 2. The van der Waals surface area contributed by atoms with Gasteiger partial charge in [-0.2, -0.15) is 0 Å². The van der Waals surface area contributed by atoms with Crippen LogP contribution < -0.4 is 0 Å². The molecule has 0 atom stereocenters. The molecule has 0 bridgehead atoms. The van der Waals surface area contributed by atoms with E-state index in [4.69, 9.17) is 23.2 Å². The van der Waals surface area contributed by atoms with Crippen LogP contribution in [0.15, 0.2) is 36.4 Å². The van der Waals surface area contributed by atoms with Crippen molar-refractivity contribution < 1.29 is 0 Å². The van der Waals surface area contributed by atoms with E-state index in [0.29, 0.717) is 21.4 Å². The van der Waals surface area contributed by atoms with Crippen LogP contribution in [-0.4, -0.2) is 9.97 Å². The molecule has 0 aliphatic carbocycles. The van der Waals surface area contributed by atoms with E-state index in [2.05, 4.69) is 9.97 Å². The second-order valence-corrected chi connectivity index (χ2v) is 5.51. The minimum atomic E-state index is 0.391. The molecule has 0 aliphatic rings. The summed E-state index contributed by atoms with van der Waals surface area (Å²) < 4.78 is 0. The van der Waals surface area contributed by atoms with E-state index < -0.39 is 0 Å². The molecule has 0 N–H and O–H groups in total. The third kappa shape index (κ3) is 2.15. The Morgan fingerprint density at radius 3 is 2.35 bits per heavy atom. The third-order valence-corrected chi connectivity index (χ3v) is 3.93. The first-order chi connectivity index (χ1) is 9.58. The zero-order chi connectivity index (χ0) is 14.3. The molecule has 0 unspecified atom stereocenters. The Balaban J connectivity index is 2.36. The Bertz CT molecular complexity index is 813. The lowest BCUT2D eigenvalue weighted by Gasteiger charge is -2.09. The van der Waals surface area contributed by atoms with Gasteiger partial charge in [-0.05, 0) is 31.0 Å². The highest BCUT2D eigenvalue weighted by atomic mass is 35.5. The number of nitrogens with zero attached hydrogens (tertiary/aromatic N) is 2. The van der Waals surface area contributed by atoms with Crippen molar-refractivity contribution >= 4 is 34.1 Å². The number of fused-ring (bicyclic) bond motifs is 1. The Kier molecular flexibility index (Phi) is 3.36. The first-order valence-corrected chi connectivity index (χ1v) is 7.02. The van der Waals surface area contributed by atoms with Crippen molar-refractivity contribution in [3.05, 3.63) is 57.7 Å². The summed E-state index contributed by atoms with van der Waals surface area (Å²) in [6.07, 6.45) is 0. The SMILES string of the molecule is Cc1ccccc1-c1nc(Cl)c2c(Cl)ccc(C)c2n1. The first kappa shape index (κ1) is 13.3. The van der Waals surface area contributed by atoms with Crippen LogP contribution in [0.2, 0.25) is 10.2 Å². The van der Waals surface area contributed by atoms with E-state index in [9.17, 15) is 0 Å². The quantitative estimate of drug-likeness (QED) is 0.576. The maximum absolute atomic E-state index is 6.31. The summed E-state index contributed by atoms with van der Waals surface area (Å²) >= 11 is 12.5. The molecular weight excluding hydrogens is 291 g/mol. The van der Waals surface area contributed by atoms with Crippen LogP contribution in [0.25, 0.3) is 22.3 Å². The van der Waals surface area contributed by atoms with E-state index in [0.717, 1.165) is 22.2 Å². The highest BCUT2D eigenvalue weighted by Crippen LogP contribution is 2.32. The number of halogens is 2. The van der Waals surface area contributed by atoms with Crippen molar-refractivity contribution in [3.8, 4) is 11.4 Å². The molecule has 0 spiro atoms. The molecule has 0 fully saturated rings. The van der Waals surface area contributed by atoms with Gasteiger partial charge in [0, 0.05) is 5.56 Å². The minimum Gasteiger partial charge on any atom is -0.228 e. The molecule has 3 rings (SSSR count). The van der Waals surface area contributed by atoms with Crippen molar-refractivity contribution in [2.45, 2.75) is 13.8 Å². The van der Waals surface area contributed by atoms with Gasteiger partial charge in [0.05, 0.1) is 15.9 Å². The van der Waals surface area contributed by atoms with Crippen LogP contribution >= 0.6 is 23.2 Å². The lowest BCUT2D eigenvalue weighted by atomic mass is 10.1. The Hall–Kier alpha value is -1.64. The van der Waals surface area contributed by atoms with Crippen molar-refractivity contribution in [1.29, 1.82) is 0 Å². The molecule has 0 aliphatic heterocycles. The van der Waals surface area contributed by atoms with Gasteiger partial charge in [-0.25, -0.2) is 9.97 Å². The summed E-state index contributed by atoms with van der Waals surface area (Å²) in [5.41, 5.74) is 3.93. The molecule has 0 saturated carbocycles. The normalized spacial score (nSPS) is 11.0. The molecule has 0 saturated heterocycles. The predicted molar refractivity (Wildman–Crippen MR) is 84.5 cm³/mol. The van der Waals surface area contributed by atoms with Crippen LogP contribution in [0.5, 0.6) is 0 Å². The molecule has 3 aromatic rings. The van der Waals surface area contributed by atoms with Crippen LogP contribution in [-0.2, 0) is 0 Å². The lowest BCUT2D eigenvalue weighted by Crippen LogP contribution is -1.95. The van der Waals surface area contributed by atoms with Gasteiger partial charge in [-0.3, -0.25) is 0 Å². The summed E-state index contributed by atoms with van der Waals surface area (Å²) in [6, 6.07) is 11.7. The smallest absolute Gasteiger partial charge is 0.161 e. The Morgan fingerprint density at radius 2 is 1.60 bits per heavy atom. The second-order valence-electron chi connectivity index (χ2n) is 4.74. The maximum Gasteiger partial charge on any atom is 0.161 e. The van der Waals surface area contributed by atoms with Gasteiger partial charge >= 0.3 is 0 Å².